The third-order valence-electron chi connectivity index (χ3n) is 5.57. The van der Waals surface area contributed by atoms with Gasteiger partial charge in [-0.1, -0.05) is 41.6 Å². The van der Waals surface area contributed by atoms with Gasteiger partial charge in [0.25, 0.3) is 5.91 Å². The smallest absolute Gasteiger partial charge is 0.283 e. The lowest BCUT2D eigenvalue weighted by Crippen LogP contribution is -2.31. The number of thioether (sulfide) groups is 1. The number of anilines is 2. The highest BCUT2D eigenvalue weighted by Crippen LogP contribution is 2.31. The van der Waals surface area contributed by atoms with Gasteiger partial charge in [-0.2, -0.15) is 0 Å². The SMILES string of the molecule is COc1ccc(/C=C2/N=C(SCC(=O)Nc3ccc(C)cc3C)N(c3ccc(OC)cc3)C2=O)cc1. The van der Waals surface area contributed by atoms with Gasteiger partial charge in [-0.15, -0.1) is 0 Å². The number of nitrogens with one attached hydrogen (secondary N) is 1. The average Bonchev–Trinajstić information content (AvgIpc) is 3.19. The first-order valence-corrected chi connectivity index (χ1v) is 12.3. The highest BCUT2D eigenvalue weighted by atomic mass is 32.2. The number of amidine groups is 1. The molecule has 1 aliphatic rings. The van der Waals surface area contributed by atoms with E-state index in [4.69, 9.17) is 9.47 Å². The highest BCUT2D eigenvalue weighted by Gasteiger charge is 2.32. The predicted molar refractivity (Wildman–Crippen MR) is 146 cm³/mol. The van der Waals surface area contributed by atoms with Gasteiger partial charge in [-0.3, -0.25) is 14.5 Å². The largest absolute Gasteiger partial charge is 0.497 e. The molecule has 4 rings (SSSR count). The number of amides is 2. The molecule has 0 aromatic heterocycles. The molecule has 3 aromatic carbocycles. The second-order valence-corrected chi connectivity index (χ2v) is 9.13. The molecule has 7 nitrogen and oxygen atoms in total. The summed E-state index contributed by atoms with van der Waals surface area (Å²) in [6.45, 7) is 3.96. The number of hydrogen-bond donors (Lipinski definition) is 1. The van der Waals surface area contributed by atoms with Crippen LogP contribution in [0.15, 0.2) is 77.4 Å². The molecule has 0 aliphatic carbocycles. The number of carbonyl (C=O) groups excluding carboxylic acids is 2. The van der Waals surface area contributed by atoms with Gasteiger partial charge in [0, 0.05) is 5.69 Å². The van der Waals surface area contributed by atoms with Crippen LogP contribution in [0.2, 0.25) is 0 Å². The Labute approximate surface area is 214 Å². The van der Waals surface area contributed by atoms with Crippen molar-refractivity contribution >= 4 is 46.2 Å². The molecule has 0 radical (unpaired) electrons. The average molecular weight is 502 g/mol. The molecular formula is C28H27N3O4S. The predicted octanol–water partition coefficient (Wildman–Crippen LogP) is 5.44. The topological polar surface area (TPSA) is 80.2 Å². The van der Waals surface area contributed by atoms with E-state index in [2.05, 4.69) is 10.3 Å². The van der Waals surface area contributed by atoms with Gasteiger partial charge in [0.05, 0.1) is 25.7 Å². The molecule has 0 spiro atoms. The van der Waals surface area contributed by atoms with Crippen LogP contribution >= 0.6 is 11.8 Å². The first-order chi connectivity index (χ1) is 17.4. The van der Waals surface area contributed by atoms with Crippen LogP contribution in [0, 0.1) is 13.8 Å². The van der Waals surface area contributed by atoms with Crippen LogP contribution in [-0.4, -0.2) is 37.0 Å². The second-order valence-electron chi connectivity index (χ2n) is 8.19. The van der Waals surface area contributed by atoms with Crippen molar-refractivity contribution in [1.82, 2.24) is 0 Å². The van der Waals surface area contributed by atoms with Crippen LogP contribution in [0.3, 0.4) is 0 Å². The zero-order chi connectivity index (χ0) is 25.7. The lowest BCUT2D eigenvalue weighted by atomic mass is 10.1. The highest BCUT2D eigenvalue weighted by molar-refractivity contribution is 8.14. The van der Waals surface area contributed by atoms with Gasteiger partial charge < -0.3 is 14.8 Å². The van der Waals surface area contributed by atoms with E-state index in [0.29, 0.717) is 16.6 Å². The third kappa shape index (κ3) is 5.78. The van der Waals surface area contributed by atoms with E-state index >= 15 is 0 Å². The fourth-order valence-electron chi connectivity index (χ4n) is 3.68. The van der Waals surface area contributed by atoms with Gasteiger partial charge in [0.1, 0.15) is 17.2 Å². The lowest BCUT2D eigenvalue weighted by Gasteiger charge is -2.18. The molecule has 184 valence electrons. The van der Waals surface area contributed by atoms with E-state index < -0.39 is 0 Å². The first kappa shape index (κ1) is 25.1. The van der Waals surface area contributed by atoms with Crippen LogP contribution in [0.1, 0.15) is 16.7 Å². The standard InChI is InChI=1S/C28H27N3O4S/c1-18-5-14-24(19(2)15-18)29-26(32)17-36-28-30-25(16-20-6-10-22(34-3)11-7-20)27(33)31(28)21-8-12-23(35-4)13-9-21/h5-16H,17H2,1-4H3,(H,29,32)/b25-16+. The van der Waals surface area contributed by atoms with Crippen LogP contribution in [0.4, 0.5) is 11.4 Å². The van der Waals surface area contributed by atoms with Crippen LogP contribution < -0.4 is 19.7 Å². The van der Waals surface area contributed by atoms with Crippen molar-refractivity contribution in [3.8, 4) is 11.5 Å². The van der Waals surface area contributed by atoms with E-state index in [1.165, 1.54) is 16.7 Å². The summed E-state index contributed by atoms with van der Waals surface area (Å²) in [5, 5.41) is 3.37. The third-order valence-corrected chi connectivity index (χ3v) is 6.51. The lowest BCUT2D eigenvalue weighted by molar-refractivity contribution is -0.114. The van der Waals surface area contributed by atoms with E-state index in [1.807, 2.05) is 56.3 Å². The van der Waals surface area contributed by atoms with Gasteiger partial charge in [-0.05, 0) is 73.5 Å². The number of rotatable bonds is 7. The van der Waals surface area contributed by atoms with Crippen molar-refractivity contribution in [2.24, 2.45) is 4.99 Å². The Bertz CT molecular complexity index is 1330. The minimum atomic E-state index is -0.270. The molecule has 0 bridgehead atoms. The summed E-state index contributed by atoms with van der Waals surface area (Å²) in [5.41, 5.74) is 4.63. The van der Waals surface area contributed by atoms with E-state index in [0.717, 1.165) is 28.1 Å². The minimum absolute atomic E-state index is 0.0991. The molecule has 0 saturated heterocycles. The maximum absolute atomic E-state index is 13.4. The molecule has 3 aromatic rings. The van der Waals surface area contributed by atoms with E-state index in [-0.39, 0.29) is 23.3 Å². The summed E-state index contributed by atoms with van der Waals surface area (Å²) in [4.78, 5) is 32.2. The summed E-state index contributed by atoms with van der Waals surface area (Å²) >= 11 is 1.21. The number of aliphatic imine (C=N–C) groups is 1. The Balaban J connectivity index is 1.57. The second kappa shape index (κ2) is 11.1. The van der Waals surface area contributed by atoms with Gasteiger partial charge in [0.15, 0.2) is 5.17 Å². The summed E-state index contributed by atoms with van der Waals surface area (Å²) in [5.74, 6) is 1.06. The van der Waals surface area contributed by atoms with Gasteiger partial charge in [0.2, 0.25) is 5.91 Å². The number of aryl methyl sites for hydroxylation is 2. The minimum Gasteiger partial charge on any atom is -0.497 e. The number of ether oxygens (including phenoxy) is 2. The summed E-state index contributed by atoms with van der Waals surface area (Å²) in [7, 11) is 3.19. The quantitative estimate of drug-likeness (QED) is 0.436. The number of nitrogens with zero attached hydrogens (tertiary/aromatic N) is 2. The van der Waals surface area contributed by atoms with Crippen LogP contribution in [-0.2, 0) is 9.59 Å². The monoisotopic (exact) mass is 501 g/mol. The summed E-state index contributed by atoms with van der Waals surface area (Å²) < 4.78 is 10.4. The number of methoxy groups -OCH3 is 2. The number of hydrogen-bond acceptors (Lipinski definition) is 6. The number of carbonyl (C=O) groups is 2. The fourth-order valence-corrected chi connectivity index (χ4v) is 4.49. The zero-order valence-electron chi connectivity index (χ0n) is 20.6. The van der Waals surface area contributed by atoms with E-state index in [9.17, 15) is 9.59 Å². The van der Waals surface area contributed by atoms with Gasteiger partial charge >= 0.3 is 0 Å². The van der Waals surface area contributed by atoms with Crippen LogP contribution in [0.25, 0.3) is 6.08 Å². The Kier molecular flexibility index (Phi) is 7.75. The molecule has 36 heavy (non-hydrogen) atoms. The van der Waals surface area contributed by atoms with Crippen molar-refractivity contribution in [2.75, 3.05) is 30.2 Å². The molecule has 0 unspecified atom stereocenters. The van der Waals surface area contributed by atoms with Crippen molar-refractivity contribution in [2.45, 2.75) is 13.8 Å². The molecule has 0 saturated carbocycles. The Morgan fingerprint density at radius 3 is 2.22 bits per heavy atom. The van der Waals surface area contributed by atoms with Crippen LogP contribution in [0.5, 0.6) is 11.5 Å². The molecule has 2 amide bonds. The Morgan fingerprint density at radius 1 is 0.972 bits per heavy atom. The maximum atomic E-state index is 13.4. The zero-order valence-corrected chi connectivity index (χ0v) is 21.4. The van der Waals surface area contributed by atoms with E-state index in [1.54, 1.807) is 44.6 Å². The summed E-state index contributed by atoms with van der Waals surface area (Å²) in [6.07, 6.45) is 1.72. The Hall–Kier alpha value is -4.04. The molecule has 1 aliphatic heterocycles. The fraction of sp³-hybridized carbons (Fsp3) is 0.179. The molecule has 0 fully saturated rings. The molecule has 1 heterocycles. The van der Waals surface area contributed by atoms with Gasteiger partial charge in [-0.25, -0.2) is 4.99 Å². The van der Waals surface area contributed by atoms with Crippen molar-refractivity contribution in [3.05, 3.63) is 89.1 Å². The normalized spacial score (nSPS) is 14.1. The molecule has 8 heteroatoms. The van der Waals surface area contributed by atoms with Crippen molar-refractivity contribution in [3.63, 3.8) is 0 Å². The molecule has 1 N–H and O–H groups in total. The first-order valence-electron chi connectivity index (χ1n) is 11.3. The molecular weight excluding hydrogens is 474 g/mol. The Morgan fingerprint density at radius 2 is 1.61 bits per heavy atom. The maximum Gasteiger partial charge on any atom is 0.283 e. The number of benzene rings is 3. The van der Waals surface area contributed by atoms with Crippen molar-refractivity contribution in [1.29, 1.82) is 0 Å². The molecule has 0 atom stereocenters. The van der Waals surface area contributed by atoms with Crippen molar-refractivity contribution < 1.29 is 19.1 Å². The summed E-state index contributed by atoms with van der Waals surface area (Å²) in [6, 6.07) is 20.4.